The molecule has 2 saturated heterocycles. The maximum absolute atomic E-state index is 13.7. The zero-order valence-corrected chi connectivity index (χ0v) is 16.1. The topological polar surface area (TPSA) is 71.8 Å². The van der Waals surface area contributed by atoms with E-state index in [1.54, 1.807) is 36.3 Å². The van der Waals surface area contributed by atoms with Gasteiger partial charge in [-0.15, -0.1) is 0 Å². The van der Waals surface area contributed by atoms with Crippen LogP contribution in [0.25, 0.3) is 0 Å². The number of anilines is 1. The second-order valence-corrected chi connectivity index (χ2v) is 7.63. The molecule has 1 aromatic heterocycles. The van der Waals surface area contributed by atoms with E-state index in [-0.39, 0.29) is 30.5 Å². The largest absolute Gasteiger partial charge is 0.361 e. The molecular formula is C21H22FN3O4. The molecule has 0 radical (unpaired) electrons. The molecule has 152 valence electrons. The third kappa shape index (κ3) is 3.80. The van der Waals surface area contributed by atoms with E-state index in [1.165, 1.54) is 27.7 Å². The van der Waals surface area contributed by atoms with Gasteiger partial charge in [-0.25, -0.2) is 4.39 Å². The van der Waals surface area contributed by atoms with Crippen LogP contribution < -0.4 is 10.5 Å². The first kappa shape index (κ1) is 19.3. The van der Waals surface area contributed by atoms with Crippen molar-refractivity contribution in [1.29, 1.82) is 0 Å². The van der Waals surface area contributed by atoms with Crippen LogP contribution >= 0.6 is 0 Å². The molecule has 4 rings (SSSR count). The Labute approximate surface area is 167 Å². The molecule has 1 unspecified atom stereocenters. The Morgan fingerprint density at radius 3 is 2.76 bits per heavy atom. The standard InChI is InChI=1S/C21H22FN3O4/c1-23-9-6-15(10-18(23)26)20(28)24-8-3-7-21(13-24)14-25(19(27)12-29-21)17-5-2-4-16(22)11-17/h2,4-6,9-11H,3,7-8,12-14H2,1H3. The third-order valence-electron chi connectivity index (χ3n) is 5.55. The van der Waals surface area contributed by atoms with E-state index in [1.807, 2.05) is 0 Å². The second-order valence-electron chi connectivity index (χ2n) is 7.63. The SMILES string of the molecule is Cn1ccc(C(=O)N2CCCC3(C2)CN(c2cccc(F)c2)C(=O)CO3)cc1=O. The summed E-state index contributed by atoms with van der Waals surface area (Å²) in [7, 11) is 1.63. The number of carbonyl (C=O) groups is 2. The second kappa shape index (κ2) is 7.44. The van der Waals surface area contributed by atoms with E-state index in [9.17, 15) is 18.8 Å². The van der Waals surface area contributed by atoms with Gasteiger partial charge in [0.15, 0.2) is 0 Å². The first-order valence-corrected chi connectivity index (χ1v) is 9.53. The van der Waals surface area contributed by atoms with Crippen LogP contribution in [0.2, 0.25) is 0 Å². The fourth-order valence-corrected chi connectivity index (χ4v) is 3.98. The van der Waals surface area contributed by atoms with Crippen molar-refractivity contribution < 1.29 is 18.7 Å². The molecule has 0 aliphatic carbocycles. The minimum atomic E-state index is -0.714. The first-order chi connectivity index (χ1) is 13.9. The summed E-state index contributed by atoms with van der Waals surface area (Å²) in [6.45, 7) is 0.979. The minimum absolute atomic E-state index is 0.121. The lowest BCUT2D eigenvalue weighted by atomic mass is 9.90. The van der Waals surface area contributed by atoms with Gasteiger partial charge in [0.1, 0.15) is 18.0 Å². The molecule has 2 aromatic rings. The lowest BCUT2D eigenvalue weighted by Gasteiger charge is -2.47. The van der Waals surface area contributed by atoms with Crippen LogP contribution in [0.3, 0.4) is 0 Å². The molecule has 2 fully saturated rings. The number of amides is 2. The molecule has 1 spiro atoms. The predicted molar refractivity (Wildman–Crippen MR) is 104 cm³/mol. The summed E-state index contributed by atoms with van der Waals surface area (Å²) in [6.07, 6.45) is 2.96. The summed E-state index contributed by atoms with van der Waals surface area (Å²) in [5.74, 6) is -0.891. The molecule has 1 aromatic carbocycles. The summed E-state index contributed by atoms with van der Waals surface area (Å²) in [6, 6.07) is 8.85. The highest BCUT2D eigenvalue weighted by atomic mass is 19.1. The van der Waals surface area contributed by atoms with Crippen LogP contribution in [0.15, 0.2) is 47.4 Å². The average Bonchev–Trinajstić information content (AvgIpc) is 2.72. The Balaban J connectivity index is 1.56. The van der Waals surface area contributed by atoms with Gasteiger partial charge in [0.2, 0.25) is 0 Å². The Hall–Kier alpha value is -3.00. The molecule has 0 bridgehead atoms. The van der Waals surface area contributed by atoms with Crippen LogP contribution in [-0.2, 0) is 16.6 Å². The Kier molecular flexibility index (Phi) is 4.96. The van der Waals surface area contributed by atoms with Crippen LogP contribution in [0, 0.1) is 5.82 Å². The Bertz CT molecular complexity index is 1020. The van der Waals surface area contributed by atoms with Crippen molar-refractivity contribution in [3.8, 4) is 0 Å². The zero-order chi connectivity index (χ0) is 20.6. The molecule has 2 amide bonds. The molecule has 0 N–H and O–H groups in total. The summed E-state index contributed by atoms with van der Waals surface area (Å²) in [5, 5.41) is 0. The summed E-state index contributed by atoms with van der Waals surface area (Å²) < 4.78 is 21.0. The Morgan fingerprint density at radius 1 is 1.17 bits per heavy atom. The van der Waals surface area contributed by atoms with Crippen molar-refractivity contribution in [3.05, 3.63) is 64.3 Å². The number of likely N-dealkylation sites (tertiary alicyclic amines) is 1. The number of halogens is 1. The first-order valence-electron chi connectivity index (χ1n) is 9.53. The highest BCUT2D eigenvalue weighted by Gasteiger charge is 2.44. The number of carbonyl (C=O) groups excluding carboxylic acids is 2. The number of aromatic nitrogens is 1. The van der Waals surface area contributed by atoms with Gasteiger partial charge in [-0.05, 0) is 37.1 Å². The lowest BCUT2D eigenvalue weighted by Crippen LogP contribution is -2.62. The number of hydrogen-bond acceptors (Lipinski definition) is 4. The fourth-order valence-electron chi connectivity index (χ4n) is 3.98. The van der Waals surface area contributed by atoms with Crippen molar-refractivity contribution in [2.75, 3.05) is 31.1 Å². The van der Waals surface area contributed by atoms with Crippen LogP contribution in [0.4, 0.5) is 10.1 Å². The number of nitrogens with zero attached hydrogens (tertiary/aromatic N) is 3. The number of benzene rings is 1. The number of ether oxygens (including phenoxy) is 1. The van der Waals surface area contributed by atoms with E-state index >= 15 is 0 Å². The third-order valence-corrected chi connectivity index (χ3v) is 5.55. The number of pyridine rings is 1. The van der Waals surface area contributed by atoms with Gasteiger partial charge >= 0.3 is 0 Å². The molecule has 1 atom stereocenters. The number of morpholine rings is 1. The van der Waals surface area contributed by atoms with Gasteiger partial charge < -0.3 is 19.1 Å². The average molecular weight is 399 g/mol. The quantitative estimate of drug-likeness (QED) is 0.769. The van der Waals surface area contributed by atoms with E-state index < -0.39 is 11.4 Å². The maximum Gasteiger partial charge on any atom is 0.254 e. The molecular weight excluding hydrogens is 377 g/mol. The van der Waals surface area contributed by atoms with Gasteiger partial charge in [-0.1, -0.05) is 6.07 Å². The molecule has 8 heteroatoms. The van der Waals surface area contributed by atoms with Gasteiger partial charge in [-0.2, -0.15) is 0 Å². The maximum atomic E-state index is 13.7. The highest BCUT2D eigenvalue weighted by molar-refractivity contribution is 5.96. The normalized spacial score (nSPS) is 22.2. The van der Waals surface area contributed by atoms with Gasteiger partial charge in [0.05, 0.1) is 13.1 Å². The van der Waals surface area contributed by atoms with Crippen LogP contribution in [0.1, 0.15) is 23.2 Å². The van der Waals surface area contributed by atoms with Crippen molar-refractivity contribution in [1.82, 2.24) is 9.47 Å². The monoisotopic (exact) mass is 399 g/mol. The number of aryl methyl sites for hydroxylation is 1. The van der Waals surface area contributed by atoms with Gasteiger partial charge in [0.25, 0.3) is 17.4 Å². The zero-order valence-electron chi connectivity index (χ0n) is 16.1. The van der Waals surface area contributed by atoms with E-state index in [0.717, 1.165) is 0 Å². The van der Waals surface area contributed by atoms with Crippen molar-refractivity contribution >= 4 is 17.5 Å². The van der Waals surface area contributed by atoms with E-state index in [0.29, 0.717) is 37.2 Å². The van der Waals surface area contributed by atoms with Gasteiger partial charge in [0, 0.05) is 37.1 Å². The molecule has 7 nitrogen and oxygen atoms in total. The fraction of sp³-hybridized carbons (Fsp3) is 0.381. The minimum Gasteiger partial charge on any atom is -0.361 e. The lowest BCUT2D eigenvalue weighted by molar-refractivity contribution is -0.144. The smallest absolute Gasteiger partial charge is 0.254 e. The summed E-state index contributed by atoms with van der Waals surface area (Å²) >= 11 is 0. The number of piperidine rings is 1. The molecule has 29 heavy (non-hydrogen) atoms. The Morgan fingerprint density at radius 2 is 2.00 bits per heavy atom. The van der Waals surface area contributed by atoms with Crippen LogP contribution in [-0.4, -0.2) is 53.1 Å². The summed E-state index contributed by atoms with van der Waals surface area (Å²) in [4.78, 5) is 40.4. The van der Waals surface area contributed by atoms with Crippen LogP contribution in [0.5, 0.6) is 0 Å². The highest BCUT2D eigenvalue weighted by Crippen LogP contribution is 2.32. The van der Waals surface area contributed by atoms with Crippen molar-refractivity contribution in [2.24, 2.45) is 7.05 Å². The number of hydrogen-bond donors (Lipinski definition) is 0. The van der Waals surface area contributed by atoms with Gasteiger partial charge in [-0.3, -0.25) is 14.4 Å². The molecule has 2 aliphatic rings. The molecule has 3 heterocycles. The molecule has 0 saturated carbocycles. The van der Waals surface area contributed by atoms with E-state index in [4.69, 9.17) is 4.74 Å². The van der Waals surface area contributed by atoms with Crippen molar-refractivity contribution in [2.45, 2.75) is 18.4 Å². The predicted octanol–water partition coefficient (Wildman–Crippen LogP) is 1.56. The summed E-state index contributed by atoms with van der Waals surface area (Å²) in [5.41, 5.74) is -0.153. The number of rotatable bonds is 2. The van der Waals surface area contributed by atoms with Crippen molar-refractivity contribution in [3.63, 3.8) is 0 Å². The molecule has 2 aliphatic heterocycles. The van der Waals surface area contributed by atoms with E-state index in [2.05, 4.69) is 0 Å².